The van der Waals surface area contributed by atoms with E-state index in [2.05, 4.69) is 17.0 Å². The summed E-state index contributed by atoms with van der Waals surface area (Å²) in [4.78, 5) is 13.4. The summed E-state index contributed by atoms with van der Waals surface area (Å²) in [7, 11) is 0. The predicted octanol–water partition coefficient (Wildman–Crippen LogP) is 2.06. The molecular weight excluding hydrogens is 238 g/mol. The van der Waals surface area contributed by atoms with Crippen molar-refractivity contribution < 1.29 is 4.79 Å². The number of rotatable bonds is 2. The van der Waals surface area contributed by atoms with Crippen molar-refractivity contribution in [3.63, 3.8) is 0 Å². The van der Waals surface area contributed by atoms with E-state index in [1.54, 1.807) is 18.2 Å². The molecule has 0 fully saturated rings. The molecule has 4 N–H and O–H groups in total. The molecule has 4 heteroatoms. The Morgan fingerprint density at radius 3 is 2.68 bits per heavy atom. The van der Waals surface area contributed by atoms with Crippen molar-refractivity contribution in [3.05, 3.63) is 53.6 Å². The van der Waals surface area contributed by atoms with Crippen LogP contribution in [0.4, 0.5) is 17.1 Å². The normalized spacial score (nSPS) is 13.4. The van der Waals surface area contributed by atoms with Gasteiger partial charge < -0.3 is 16.4 Å². The molecule has 0 spiro atoms. The van der Waals surface area contributed by atoms with Crippen molar-refractivity contribution in [2.75, 3.05) is 17.2 Å². The van der Waals surface area contributed by atoms with E-state index in [1.165, 1.54) is 5.56 Å². The molecule has 0 aromatic heterocycles. The lowest BCUT2D eigenvalue weighted by molar-refractivity contribution is 0.100. The summed E-state index contributed by atoms with van der Waals surface area (Å²) in [6, 6.07) is 13.4. The maximum Gasteiger partial charge on any atom is 0.248 e. The Hall–Kier alpha value is -2.49. The van der Waals surface area contributed by atoms with Gasteiger partial charge in [0.25, 0.3) is 0 Å². The van der Waals surface area contributed by atoms with Gasteiger partial charge in [0.2, 0.25) is 5.91 Å². The second kappa shape index (κ2) is 4.31. The van der Waals surface area contributed by atoms with Crippen molar-refractivity contribution in [3.8, 4) is 0 Å². The zero-order valence-electron chi connectivity index (χ0n) is 10.5. The summed E-state index contributed by atoms with van der Waals surface area (Å²) in [5, 5.41) is 0. The molecule has 0 unspecified atom stereocenters. The van der Waals surface area contributed by atoms with E-state index >= 15 is 0 Å². The first-order valence-corrected chi connectivity index (χ1v) is 6.21. The summed E-state index contributed by atoms with van der Waals surface area (Å²) in [5.41, 5.74) is 15.8. The van der Waals surface area contributed by atoms with E-state index in [9.17, 15) is 4.79 Å². The number of hydrogen-bond acceptors (Lipinski definition) is 3. The molecule has 1 aliphatic rings. The van der Waals surface area contributed by atoms with E-state index < -0.39 is 5.91 Å². The van der Waals surface area contributed by atoms with Crippen molar-refractivity contribution in [2.24, 2.45) is 5.73 Å². The molecule has 0 atom stereocenters. The SMILES string of the molecule is NC(=O)c1ccc(N)c(N2CCc3ccccc32)c1. The number of nitrogen functional groups attached to an aromatic ring is 1. The highest BCUT2D eigenvalue weighted by Gasteiger charge is 2.21. The molecule has 96 valence electrons. The van der Waals surface area contributed by atoms with Crippen LogP contribution in [0.5, 0.6) is 0 Å². The third-order valence-electron chi connectivity index (χ3n) is 3.49. The number of primary amides is 1. The van der Waals surface area contributed by atoms with E-state index in [0.29, 0.717) is 11.3 Å². The van der Waals surface area contributed by atoms with Crippen LogP contribution >= 0.6 is 0 Å². The molecule has 0 aliphatic carbocycles. The number of hydrogen-bond donors (Lipinski definition) is 2. The molecule has 1 amide bonds. The first kappa shape index (κ1) is 11.6. The number of carbonyl (C=O) groups is 1. The summed E-state index contributed by atoms with van der Waals surface area (Å²) in [6.07, 6.45) is 0.983. The minimum absolute atomic E-state index is 0.436. The summed E-state index contributed by atoms with van der Waals surface area (Å²) in [6.45, 7) is 0.867. The van der Waals surface area contributed by atoms with Crippen molar-refractivity contribution in [1.29, 1.82) is 0 Å². The van der Waals surface area contributed by atoms with Crippen LogP contribution in [0.2, 0.25) is 0 Å². The lowest BCUT2D eigenvalue weighted by Crippen LogP contribution is -2.17. The van der Waals surface area contributed by atoms with Gasteiger partial charge in [0.15, 0.2) is 0 Å². The molecule has 2 aromatic rings. The molecule has 0 bridgehead atoms. The van der Waals surface area contributed by atoms with Gasteiger partial charge in [-0.15, -0.1) is 0 Å². The smallest absolute Gasteiger partial charge is 0.248 e. The van der Waals surface area contributed by atoms with Gasteiger partial charge in [0.05, 0.1) is 11.4 Å². The van der Waals surface area contributed by atoms with Crippen LogP contribution in [0.1, 0.15) is 15.9 Å². The molecule has 2 aromatic carbocycles. The molecule has 3 rings (SSSR count). The zero-order valence-corrected chi connectivity index (χ0v) is 10.5. The third-order valence-corrected chi connectivity index (χ3v) is 3.49. The number of para-hydroxylation sites is 1. The standard InChI is InChI=1S/C15H15N3O/c16-12-6-5-11(15(17)19)9-14(12)18-8-7-10-3-1-2-4-13(10)18/h1-6,9H,7-8,16H2,(H2,17,19). The van der Waals surface area contributed by atoms with Crippen molar-refractivity contribution in [1.82, 2.24) is 0 Å². The topological polar surface area (TPSA) is 72.3 Å². The highest BCUT2D eigenvalue weighted by atomic mass is 16.1. The van der Waals surface area contributed by atoms with E-state index in [0.717, 1.165) is 24.3 Å². The summed E-state index contributed by atoms with van der Waals surface area (Å²) in [5.74, 6) is -0.436. The molecule has 0 saturated heterocycles. The number of amides is 1. The Morgan fingerprint density at radius 2 is 1.89 bits per heavy atom. The Morgan fingerprint density at radius 1 is 1.11 bits per heavy atom. The second-order valence-electron chi connectivity index (χ2n) is 4.67. The Kier molecular flexibility index (Phi) is 2.63. The fourth-order valence-electron chi connectivity index (χ4n) is 2.52. The third kappa shape index (κ3) is 1.91. The number of carbonyl (C=O) groups excluding carboxylic acids is 1. The van der Waals surface area contributed by atoms with E-state index in [4.69, 9.17) is 11.5 Å². The maximum atomic E-state index is 11.3. The fourth-order valence-corrected chi connectivity index (χ4v) is 2.52. The Balaban J connectivity index is 2.09. The monoisotopic (exact) mass is 253 g/mol. The van der Waals surface area contributed by atoms with Crippen LogP contribution in [0.3, 0.4) is 0 Å². The van der Waals surface area contributed by atoms with Crippen molar-refractivity contribution >= 4 is 23.0 Å². The largest absolute Gasteiger partial charge is 0.397 e. The molecule has 4 nitrogen and oxygen atoms in total. The highest BCUT2D eigenvalue weighted by Crippen LogP contribution is 2.37. The predicted molar refractivity (Wildman–Crippen MR) is 76.5 cm³/mol. The lowest BCUT2D eigenvalue weighted by atomic mass is 10.1. The van der Waals surface area contributed by atoms with Crippen LogP contribution in [-0.2, 0) is 6.42 Å². The van der Waals surface area contributed by atoms with Crippen LogP contribution in [0.15, 0.2) is 42.5 Å². The molecule has 19 heavy (non-hydrogen) atoms. The second-order valence-corrected chi connectivity index (χ2v) is 4.67. The van der Waals surface area contributed by atoms with Crippen LogP contribution in [0.25, 0.3) is 0 Å². The van der Waals surface area contributed by atoms with E-state index in [-0.39, 0.29) is 0 Å². The van der Waals surface area contributed by atoms with Gasteiger partial charge >= 0.3 is 0 Å². The average Bonchev–Trinajstić information content (AvgIpc) is 2.83. The molecule has 0 radical (unpaired) electrons. The van der Waals surface area contributed by atoms with Crippen molar-refractivity contribution in [2.45, 2.75) is 6.42 Å². The lowest BCUT2D eigenvalue weighted by Gasteiger charge is -2.21. The first-order chi connectivity index (χ1) is 9.16. The van der Waals surface area contributed by atoms with Crippen LogP contribution in [0, 0.1) is 0 Å². The van der Waals surface area contributed by atoms with Gasteiger partial charge in [-0.1, -0.05) is 18.2 Å². The number of nitrogens with zero attached hydrogens (tertiary/aromatic N) is 1. The summed E-state index contributed by atoms with van der Waals surface area (Å²) >= 11 is 0. The quantitative estimate of drug-likeness (QED) is 0.805. The van der Waals surface area contributed by atoms with Gasteiger partial charge in [-0.25, -0.2) is 0 Å². The highest BCUT2D eigenvalue weighted by molar-refractivity contribution is 5.95. The molecular formula is C15H15N3O. The van der Waals surface area contributed by atoms with Crippen LogP contribution in [-0.4, -0.2) is 12.5 Å². The molecule has 1 aliphatic heterocycles. The zero-order chi connectivity index (χ0) is 13.4. The summed E-state index contributed by atoms with van der Waals surface area (Å²) < 4.78 is 0. The molecule has 1 heterocycles. The van der Waals surface area contributed by atoms with Gasteiger partial charge in [0.1, 0.15) is 0 Å². The average molecular weight is 253 g/mol. The first-order valence-electron chi connectivity index (χ1n) is 6.21. The minimum Gasteiger partial charge on any atom is -0.397 e. The minimum atomic E-state index is -0.436. The van der Waals surface area contributed by atoms with Gasteiger partial charge in [-0.2, -0.15) is 0 Å². The van der Waals surface area contributed by atoms with Gasteiger partial charge in [0, 0.05) is 17.8 Å². The van der Waals surface area contributed by atoms with Crippen LogP contribution < -0.4 is 16.4 Å². The number of fused-ring (bicyclic) bond motifs is 1. The number of nitrogens with two attached hydrogens (primary N) is 2. The number of benzene rings is 2. The Bertz CT molecular complexity index is 652. The maximum absolute atomic E-state index is 11.3. The number of anilines is 3. The Labute approximate surface area is 111 Å². The molecule has 0 saturated carbocycles. The fraction of sp³-hybridized carbons (Fsp3) is 0.133. The van der Waals surface area contributed by atoms with E-state index in [1.807, 2.05) is 12.1 Å². The van der Waals surface area contributed by atoms with Gasteiger partial charge in [-0.3, -0.25) is 4.79 Å². The van der Waals surface area contributed by atoms with Gasteiger partial charge in [-0.05, 0) is 36.2 Å².